The largest absolute Gasteiger partial charge is 0.497 e. The smallest absolute Gasteiger partial charge is 0.357 e. The highest BCUT2D eigenvalue weighted by Gasteiger charge is 2.42. The van der Waals surface area contributed by atoms with Gasteiger partial charge >= 0.3 is 29.8 Å². The highest BCUT2D eigenvalue weighted by Crippen LogP contribution is 2.41. The number of ether oxygens (including phenoxy) is 12. The Bertz CT molecular complexity index is 4850. The van der Waals surface area contributed by atoms with Crippen molar-refractivity contribution in [3.63, 3.8) is 0 Å². The minimum Gasteiger partial charge on any atom is -0.497 e. The maximum atomic E-state index is 12.0. The lowest BCUT2D eigenvalue weighted by atomic mass is 9.66. The standard InChI is InChI=1S/C19H22N2O4.C17H20O2.C13H24N2O2.C13H17NO6.C10H12N2O2.C10H14.C9H13NO2.C9H13N.C9H18O3.HI/c1-4-19(2,3)18(23)25-12-11-24-17(22)14-8-9-16(21-13-14)15-7-5-6-10-20-15;1-17(2,13-5-9-15(18-3)10-6-13)14-7-11-16(19-4)12-8-14;1-9(16)14-11-6-12(3,4)8-13(5,7-11)15-10(2)17;1-17-6-8-19-12(15)10-4-3-5-11(14-10)13(16)20-9-7-18-2;1-7(13)11-9-4-3-5-10(6-9)12-8(2)14;1-3-9(2)10-7-5-4-6-8-10;1-11-6-8-4-3-5-9(10-8)7-12-2;1-3-8(2)9-4-6-10-7-5-9;1-5-9(2,3)8(10)12-7-6-11-4;/h5-10,13H,4,11-12H2,1-3H3;5-12H,1-4H3;11H,6-8H2,1-5H3,(H,14,16)(H,15,17);3-5H,6-9H2,1-2H3;3-6H,1-2H3,(H,11,13)(H,12,14);4-9H,3H2,1-2H3;3-5H,6-7H2,1-2H3;4-8H,3H2,1-2H3;5-7H2,1-4H3;1H. The van der Waals surface area contributed by atoms with Gasteiger partial charge in [0.1, 0.15) is 55.9 Å². The molecule has 0 saturated heterocycles. The highest BCUT2D eigenvalue weighted by atomic mass is 127. The zero-order valence-corrected chi connectivity index (χ0v) is 89.4. The van der Waals surface area contributed by atoms with Crippen LogP contribution < -0.4 is 30.7 Å². The van der Waals surface area contributed by atoms with E-state index in [1.165, 1.54) is 94.5 Å². The predicted molar refractivity (Wildman–Crippen MR) is 558 cm³/mol. The second-order valence-electron chi connectivity index (χ2n) is 35.4. The van der Waals surface area contributed by atoms with Crippen molar-refractivity contribution in [1.29, 1.82) is 0 Å². The number of carbonyl (C=O) groups is 9. The van der Waals surface area contributed by atoms with Crippen LogP contribution in [0.15, 0.2) is 207 Å². The highest BCUT2D eigenvalue weighted by molar-refractivity contribution is 14.0. The van der Waals surface area contributed by atoms with Crippen LogP contribution in [0.4, 0.5) is 11.4 Å². The van der Waals surface area contributed by atoms with Crippen LogP contribution >= 0.6 is 24.0 Å². The number of hydrogen-bond acceptors (Lipinski definition) is 26. The Hall–Kier alpha value is -12.0. The number of anilines is 2. The lowest BCUT2D eigenvalue weighted by Crippen LogP contribution is -2.56. The number of esters is 5. The summed E-state index contributed by atoms with van der Waals surface area (Å²) in [6.07, 6.45) is 13.4. The van der Waals surface area contributed by atoms with Gasteiger partial charge in [0, 0.05) is 116 Å². The van der Waals surface area contributed by atoms with Gasteiger partial charge in [0.25, 0.3) is 0 Å². The van der Waals surface area contributed by atoms with Crippen molar-refractivity contribution in [1.82, 2.24) is 35.6 Å². The first-order valence-electron chi connectivity index (χ1n) is 46.5. The van der Waals surface area contributed by atoms with E-state index in [1.807, 2.05) is 115 Å². The van der Waals surface area contributed by atoms with Gasteiger partial charge in [-0.2, -0.15) is 0 Å². The van der Waals surface area contributed by atoms with Crippen LogP contribution in [0, 0.1) is 16.2 Å². The molecule has 768 valence electrons. The number of pyridine rings is 5. The van der Waals surface area contributed by atoms with E-state index >= 15 is 0 Å². The van der Waals surface area contributed by atoms with Crippen molar-refractivity contribution in [2.24, 2.45) is 16.2 Å². The van der Waals surface area contributed by atoms with Gasteiger partial charge in [-0.05, 0) is 222 Å². The van der Waals surface area contributed by atoms with Gasteiger partial charge in [-0.1, -0.05) is 148 Å². The van der Waals surface area contributed by atoms with E-state index in [4.69, 9.17) is 56.8 Å². The minimum atomic E-state index is -0.617. The number of methoxy groups -OCH3 is 7. The minimum absolute atomic E-state index is 0. The van der Waals surface area contributed by atoms with Crippen molar-refractivity contribution in [3.8, 4) is 22.9 Å². The molecule has 5 heterocycles. The number of aromatic nitrogens is 5. The summed E-state index contributed by atoms with van der Waals surface area (Å²) in [5.74, 6) is 0.676. The zero-order valence-electron chi connectivity index (χ0n) is 87.1. The Kier molecular flexibility index (Phi) is 62.0. The molecule has 0 spiro atoms. The number of nitrogens with zero attached hydrogens (tertiary/aromatic N) is 5. The van der Waals surface area contributed by atoms with Crippen LogP contribution in [0.5, 0.6) is 11.5 Å². The molecule has 4 atom stereocenters. The van der Waals surface area contributed by atoms with Gasteiger partial charge in [0.2, 0.25) is 23.6 Å². The Labute approximate surface area is 847 Å². The van der Waals surface area contributed by atoms with Gasteiger partial charge in [0.05, 0.1) is 86.4 Å². The fourth-order valence-corrected chi connectivity index (χ4v) is 13.3. The first-order chi connectivity index (χ1) is 66.0. The maximum absolute atomic E-state index is 12.0. The summed E-state index contributed by atoms with van der Waals surface area (Å²) in [5, 5.41) is 11.3. The zero-order chi connectivity index (χ0) is 104. The van der Waals surface area contributed by atoms with Crippen molar-refractivity contribution in [3.05, 3.63) is 257 Å². The number of carbonyl (C=O) groups excluding carboxylic acids is 9. The molecular formula is C109H154IN9O21. The molecule has 10 rings (SSSR count). The molecule has 0 bridgehead atoms. The molecule has 0 aliphatic heterocycles. The summed E-state index contributed by atoms with van der Waals surface area (Å²) >= 11 is 0. The Balaban J connectivity index is 0.000000799. The third-order valence-corrected chi connectivity index (χ3v) is 21.8. The molecular weight excluding hydrogens is 1900 g/mol. The second kappa shape index (κ2) is 68.9. The van der Waals surface area contributed by atoms with Crippen LogP contribution in [-0.2, 0) is 94.8 Å². The van der Waals surface area contributed by atoms with E-state index in [2.05, 4.69) is 175 Å². The predicted octanol–water partition coefficient (Wildman–Crippen LogP) is 20.6. The first-order valence-corrected chi connectivity index (χ1v) is 46.5. The summed E-state index contributed by atoms with van der Waals surface area (Å²) in [6.45, 7) is 39.8. The first kappa shape index (κ1) is 126. The van der Waals surface area contributed by atoms with Gasteiger partial charge in [-0.25, -0.2) is 19.4 Å². The fourth-order valence-electron chi connectivity index (χ4n) is 13.3. The molecule has 9 aromatic rings. The van der Waals surface area contributed by atoms with E-state index in [1.54, 1.807) is 85.1 Å². The van der Waals surface area contributed by atoms with Crippen LogP contribution in [0.1, 0.15) is 253 Å². The van der Waals surface area contributed by atoms with Crippen LogP contribution in [0.3, 0.4) is 0 Å². The topological polar surface area (TPSA) is 377 Å². The lowest BCUT2D eigenvalue weighted by molar-refractivity contribution is -0.156. The number of hydrogen-bond donors (Lipinski definition) is 4. The second-order valence-corrected chi connectivity index (χ2v) is 35.4. The third-order valence-electron chi connectivity index (χ3n) is 21.8. The number of benzene rings is 4. The molecule has 30 nitrogen and oxygen atoms in total. The molecule has 4 N–H and O–H groups in total. The quantitative estimate of drug-likeness (QED) is 0.0123. The number of halogens is 1. The number of amides is 4. The van der Waals surface area contributed by atoms with E-state index in [0.717, 1.165) is 54.3 Å². The summed E-state index contributed by atoms with van der Waals surface area (Å²) in [4.78, 5) is 123. The molecule has 4 aromatic carbocycles. The van der Waals surface area contributed by atoms with E-state index in [0.29, 0.717) is 80.5 Å². The molecule has 1 aliphatic carbocycles. The Morgan fingerprint density at radius 1 is 0.421 bits per heavy atom. The molecule has 1 saturated carbocycles. The van der Waals surface area contributed by atoms with Crippen molar-refractivity contribution < 1.29 is 100.0 Å². The van der Waals surface area contributed by atoms with E-state index in [9.17, 15) is 43.2 Å². The monoisotopic (exact) mass is 2050 g/mol. The average molecular weight is 2050 g/mol. The Morgan fingerprint density at radius 2 is 0.843 bits per heavy atom. The summed E-state index contributed by atoms with van der Waals surface area (Å²) in [6, 6.07) is 57.5. The van der Waals surface area contributed by atoms with E-state index in [-0.39, 0.29) is 125 Å². The number of rotatable bonds is 36. The molecule has 0 radical (unpaired) electrons. The van der Waals surface area contributed by atoms with Crippen molar-refractivity contribution in [2.45, 2.75) is 219 Å². The third kappa shape index (κ3) is 51.8. The molecule has 5 aromatic heterocycles. The molecule has 4 amide bonds. The molecule has 31 heteroatoms. The number of nitrogens with one attached hydrogen (secondary N) is 4. The molecule has 1 fully saturated rings. The van der Waals surface area contributed by atoms with Crippen LogP contribution in [-0.4, -0.2) is 193 Å². The van der Waals surface area contributed by atoms with Gasteiger partial charge < -0.3 is 78.1 Å². The van der Waals surface area contributed by atoms with Gasteiger partial charge in [-0.15, -0.1) is 24.0 Å². The average Bonchev–Trinajstić information content (AvgIpc) is 0.803. The normalized spacial score (nSPS) is 13.4. The van der Waals surface area contributed by atoms with Crippen LogP contribution in [0.2, 0.25) is 0 Å². The maximum Gasteiger partial charge on any atom is 0.357 e. The SMILES string of the molecule is CC(=O)NC1CC(C)(C)CC(C)(NC(C)=O)C1.CC(=O)Nc1cccc(NC(C)=O)c1.CCC(C)(C)C(=O)OCCOC.CCC(C)(C)C(=O)OCCOC(=O)c1ccc(-c2ccccn2)nc1.CCC(C)c1ccccc1.CCC(C)c1ccncc1.COCCOC(=O)c1cccc(C(=O)OCCOC)n1.COCc1cccc(COC)n1.COc1ccc(C(C)(C)c2ccc(OC)cc2)cc1.I. The molecule has 4 unspecified atom stereocenters. The van der Waals surface area contributed by atoms with Crippen molar-refractivity contribution >= 4 is 88.8 Å². The van der Waals surface area contributed by atoms with Gasteiger partial charge in [0.15, 0.2) is 0 Å². The summed E-state index contributed by atoms with van der Waals surface area (Å²) in [5.41, 5.74) is 9.36. The van der Waals surface area contributed by atoms with Crippen LogP contribution in [0.25, 0.3) is 11.4 Å². The van der Waals surface area contributed by atoms with Gasteiger partial charge in [-0.3, -0.25) is 48.7 Å². The molecule has 140 heavy (non-hydrogen) atoms. The summed E-state index contributed by atoms with van der Waals surface area (Å²) < 4.78 is 59.6. The summed E-state index contributed by atoms with van der Waals surface area (Å²) in [7, 11) is 11.3. The fraction of sp³-hybridized carbons (Fsp3) is 0.468. The Morgan fingerprint density at radius 3 is 1.24 bits per heavy atom. The lowest BCUT2D eigenvalue weighted by Gasteiger charge is -2.47. The van der Waals surface area contributed by atoms with Crippen molar-refractivity contribution in [2.75, 3.05) is 113 Å². The molecule has 1 aliphatic rings. The van der Waals surface area contributed by atoms with E-state index < -0.39 is 23.3 Å².